The standard InChI is InChI=1S/C28H44O6S2/c1-27(2,19-29)13-7-5-9-23-15-21(31)17-25(35(23)33)11-12-26-18-22(32)16-24(36(26)34)10-6-8-14-28(3,4)20-30/h11-12,15,18,29-30,35-36H,5-10,13-14,16-17,19-20H2,1-4H3. The Labute approximate surface area is 221 Å². The summed E-state index contributed by atoms with van der Waals surface area (Å²) < 4.78 is 26.2. The zero-order chi connectivity index (χ0) is 26.9. The van der Waals surface area contributed by atoms with Crippen LogP contribution in [0, 0.1) is 10.8 Å². The van der Waals surface area contributed by atoms with Gasteiger partial charge in [-0.3, -0.25) is 9.59 Å². The third-order valence-electron chi connectivity index (χ3n) is 6.82. The molecule has 2 aliphatic rings. The van der Waals surface area contributed by atoms with E-state index in [9.17, 15) is 28.9 Å². The second-order valence-electron chi connectivity index (χ2n) is 11.5. The molecule has 0 aliphatic carbocycles. The van der Waals surface area contributed by atoms with Crippen molar-refractivity contribution in [1.82, 2.24) is 0 Å². The molecule has 2 rings (SSSR count). The number of unbranched alkanes of at least 4 members (excludes halogenated alkanes) is 2. The van der Waals surface area contributed by atoms with Gasteiger partial charge >= 0.3 is 0 Å². The lowest BCUT2D eigenvalue weighted by Gasteiger charge is -2.22. The molecule has 0 saturated heterocycles. The highest BCUT2D eigenvalue weighted by Crippen LogP contribution is 2.26. The monoisotopic (exact) mass is 540 g/mol. The Morgan fingerprint density at radius 2 is 1.36 bits per heavy atom. The smallest absolute Gasteiger partial charge is 0.168 e. The van der Waals surface area contributed by atoms with Crippen molar-refractivity contribution in [3.63, 3.8) is 0 Å². The van der Waals surface area contributed by atoms with Crippen LogP contribution in [-0.2, 0) is 31.1 Å². The first-order valence-electron chi connectivity index (χ1n) is 12.9. The second kappa shape index (κ2) is 14.1. The van der Waals surface area contributed by atoms with E-state index in [2.05, 4.69) is 0 Å². The van der Waals surface area contributed by atoms with Crippen LogP contribution in [0.15, 0.2) is 34.1 Å². The van der Waals surface area contributed by atoms with Crippen molar-refractivity contribution in [3.05, 3.63) is 34.1 Å². The summed E-state index contributed by atoms with van der Waals surface area (Å²) in [6, 6.07) is 0. The molecule has 2 N–H and O–H groups in total. The van der Waals surface area contributed by atoms with Gasteiger partial charge < -0.3 is 19.3 Å². The van der Waals surface area contributed by atoms with Crippen LogP contribution in [0.5, 0.6) is 0 Å². The molecular formula is C28H44O6S2. The lowest BCUT2D eigenvalue weighted by atomic mass is 9.88. The Morgan fingerprint density at radius 1 is 0.806 bits per heavy atom. The predicted molar refractivity (Wildman–Crippen MR) is 152 cm³/mol. The average Bonchev–Trinajstić information content (AvgIpc) is 2.82. The highest BCUT2D eigenvalue weighted by molar-refractivity contribution is 7.95. The SMILES string of the molecule is CC(C)(CO)CCCCC1=CC(=O)CC(/C=C/C2=CC(=O)CC(CCCCC(C)(C)CO)=[SH+]2[O-])=[SH+]1[O-]. The van der Waals surface area contributed by atoms with E-state index in [1.807, 2.05) is 27.7 Å². The van der Waals surface area contributed by atoms with Crippen LogP contribution in [-0.4, -0.2) is 53.8 Å². The van der Waals surface area contributed by atoms with Crippen LogP contribution in [0.25, 0.3) is 0 Å². The molecule has 0 saturated carbocycles. The van der Waals surface area contributed by atoms with E-state index in [4.69, 9.17) is 0 Å². The van der Waals surface area contributed by atoms with E-state index in [-0.39, 0.29) is 48.5 Å². The lowest BCUT2D eigenvalue weighted by Crippen LogP contribution is -2.21. The lowest BCUT2D eigenvalue weighted by molar-refractivity contribution is -0.114. The number of allylic oxidation sites excluding steroid dienone is 5. The Bertz CT molecular complexity index is 956. The summed E-state index contributed by atoms with van der Waals surface area (Å²) in [6.07, 6.45) is 12.7. The number of aliphatic hydroxyl groups excluding tert-OH is 2. The Hall–Kier alpha value is -1.16. The van der Waals surface area contributed by atoms with Crippen LogP contribution in [0.3, 0.4) is 0 Å². The van der Waals surface area contributed by atoms with E-state index in [1.54, 1.807) is 12.2 Å². The maximum Gasteiger partial charge on any atom is 0.168 e. The number of hydrogen-bond donors (Lipinski definition) is 2. The van der Waals surface area contributed by atoms with Crippen molar-refractivity contribution < 1.29 is 28.9 Å². The highest BCUT2D eigenvalue weighted by Gasteiger charge is 2.23. The van der Waals surface area contributed by atoms with Crippen molar-refractivity contribution >= 4 is 42.8 Å². The number of aliphatic hydroxyl groups is 2. The summed E-state index contributed by atoms with van der Waals surface area (Å²) >= 11 is 0. The molecule has 0 radical (unpaired) electrons. The van der Waals surface area contributed by atoms with Gasteiger partial charge in [0, 0.05) is 38.2 Å². The third kappa shape index (κ3) is 9.95. The van der Waals surface area contributed by atoms with Crippen LogP contribution < -0.4 is 0 Å². The number of hydrogen-bond acceptors (Lipinski definition) is 6. The van der Waals surface area contributed by atoms with Gasteiger partial charge in [-0.2, -0.15) is 21.5 Å². The summed E-state index contributed by atoms with van der Waals surface area (Å²) in [6.45, 7) is 8.26. The van der Waals surface area contributed by atoms with Gasteiger partial charge in [0.2, 0.25) is 0 Å². The van der Waals surface area contributed by atoms with Crippen molar-refractivity contribution in [3.8, 4) is 0 Å². The first-order valence-corrected chi connectivity index (χ1v) is 15.4. The van der Waals surface area contributed by atoms with Gasteiger partial charge in [-0.15, -0.1) is 0 Å². The minimum atomic E-state index is -1.84. The van der Waals surface area contributed by atoms with E-state index in [0.29, 0.717) is 27.5 Å². The quantitative estimate of drug-likeness (QED) is 0.114. The molecule has 0 amide bonds. The molecule has 2 unspecified atom stereocenters. The van der Waals surface area contributed by atoms with Crippen LogP contribution >= 0.6 is 0 Å². The summed E-state index contributed by atoms with van der Waals surface area (Å²) in [4.78, 5) is 26.9. The topological polar surface area (TPSA) is 121 Å². The molecule has 204 valence electrons. The summed E-state index contributed by atoms with van der Waals surface area (Å²) in [5, 5.41) is 18.8. The Balaban J connectivity index is 2.05. The predicted octanol–water partition coefficient (Wildman–Crippen LogP) is 3.72. The van der Waals surface area contributed by atoms with Crippen LogP contribution in [0.4, 0.5) is 0 Å². The molecule has 2 aliphatic heterocycles. The number of ketones is 2. The minimum absolute atomic E-state index is 0.0714. The van der Waals surface area contributed by atoms with E-state index in [0.717, 1.165) is 43.4 Å². The van der Waals surface area contributed by atoms with E-state index < -0.39 is 21.5 Å². The van der Waals surface area contributed by atoms with Crippen LogP contribution in [0.2, 0.25) is 0 Å². The van der Waals surface area contributed by atoms with Gasteiger partial charge in [-0.05, 0) is 48.7 Å². The molecule has 6 nitrogen and oxygen atoms in total. The molecular weight excluding hydrogens is 496 g/mol. The van der Waals surface area contributed by atoms with Crippen molar-refractivity contribution in [2.45, 2.75) is 91.9 Å². The highest BCUT2D eigenvalue weighted by atomic mass is 32.2. The molecule has 0 fully saturated rings. The molecule has 8 heteroatoms. The molecule has 36 heavy (non-hydrogen) atoms. The molecule has 0 aromatic heterocycles. The van der Waals surface area contributed by atoms with E-state index >= 15 is 0 Å². The Morgan fingerprint density at radius 3 is 1.94 bits per heavy atom. The number of carbonyl (C=O) groups is 2. The van der Waals surface area contributed by atoms with E-state index in [1.165, 1.54) is 12.2 Å². The van der Waals surface area contributed by atoms with Crippen LogP contribution in [0.1, 0.15) is 91.9 Å². The van der Waals surface area contributed by atoms with Gasteiger partial charge in [-0.1, -0.05) is 40.5 Å². The zero-order valence-electron chi connectivity index (χ0n) is 22.2. The average molecular weight is 541 g/mol. The molecule has 0 bridgehead atoms. The second-order valence-corrected chi connectivity index (χ2v) is 15.0. The van der Waals surface area contributed by atoms with Gasteiger partial charge in [0.15, 0.2) is 11.6 Å². The van der Waals surface area contributed by atoms with Crippen molar-refractivity contribution in [2.75, 3.05) is 13.2 Å². The number of thiol groups is 2. The number of rotatable bonds is 14. The summed E-state index contributed by atoms with van der Waals surface area (Å²) in [5.74, 6) is -0.179. The molecule has 0 aromatic rings. The molecule has 2 heterocycles. The van der Waals surface area contributed by atoms with Gasteiger partial charge in [0.25, 0.3) is 0 Å². The van der Waals surface area contributed by atoms with Gasteiger partial charge in [0.05, 0.1) is 27.5 Å². The summed E-state index contributed by atoms with van der Waals surface area (Å²) in [7, 11) is -3.68. The summed E-state index contributed by atoms with van der Waals surface area (Å²) in [5.41, 5.74) is -0.287. The minimum Gasteiger partial charge on any atom is -0.646 e. The fraction of sp³-hybridized carbons (Fsp3) is 0.643. The number of carbonyl (C=O) groups excluding carboxylic acids is 2. The largest absolute Gasteiger partial charge is 0.646 e. The molecule has 0 spiro atoms. The molecule has 0 aromatic carbocycles. The normalized spacial score (nSPS) is 21.9. The maximum atomic E-state index is 13.1. The first kappa shape index (κ1) is 31.1. The maximum absolute atomic E-state index is 13.1. The van der Waals surface area contributed by atoms with Crippen molar-refractivity contribution in [1.29, 1.82) is 0 Å². The Kier molecular flexibility index (Phi) is 12.2. The first-order chi connectivity index (χ1) is 16.9. The third-order valence-corrected chi connectivity index (χ3v) is 10.2. The molecule has 2 atom stereocenters. The fourth-order valence-corrected chi connectivity index (χ4v) is 7.25. The van der Waals surface area contributed by atoms with Gasteiger partial charge in [-0.25, -0.2) is 0 Å². The zero-order valence-corrected chi connectivity index (χ0v) is 24.0. The fourth-order valence-electron chi connectivity index (χ4n) is 4.25. The van der Waals surface area contributed by atoms with Crippen molar-refractivity contribution in [2.24, 2.45) is 10.8 Å². The van der Waals surface area contributed by atoms with Gasteiger partial charge in [0.1, 0.15) is 4.91 Å².